The Balaban J connectivity index is 2.40. The minimum Gasteiger partial charge on any atom is -0.338 e. The highest BCUT2D eigenvalue weighted by Gasteiger charge is 2.16. The van der Waals surface area contributed by atoms with Gasteiger partial charge in [0, 0.05) is 12.2 Å². The van der Waals surface area contributed by atoms with Gasteiger partial charge in [-0.15, -0.1) is 0 Å². The van der Waals surface area contributed by atoms with Crippen molar-refractivity contribution >= 4 is 23.5 Å². The van der Waals surface area contributed by atoms with Crippen LogP contribution in [-0.2, 0) is 16.0 Å². The summed E-state index contributed by atoms with van der Waals surface area (Å²) in [6, 6.07) is 7.12. The Labute approximate surface area is 149 Å². The molecule has 1 atom stereocenters. The van der Waals surface area contributed by atoms with Crippen LogP contribution in [0.1, 0.15) is 26.3 Å². The second kappa shape index (κ2) is 10.5. The van der Waals surface area contributed by atoms with Gasteiger partial charge in [0.1, 0.15) is 0 Å². The maximum Gasteiger partial charge on any atom is 0.321 e. The third kappa shape index (κ3) is 8.30. The molecule has 0 heterocycles. The van der Waals surface area contributed by atoms with Crippen molar-refractivity contribution < 1.29 is 19.3 Å². The third-order valence-electron chi connectivity index (χ3n) is 3.52. The van der Waals surface area contributed by atoms with Crippen molar-refractivity contribution in [3.05, 3.63) is 29.8 Å². The number of carbonyl (C=O) groups is 3. The van der Waals surface area contributed by atoms with Gasteiger partial charge in [-0.05, 0) is 24.0 Å². The maximum absolute atomic E-state index is 12.1. The molecule has 138 valence electrons. The van der Waals surface area contributed by atoms with Gasteiger partial charge in [-0.3, -0.25) is 14.9 Å². The van der Waals surface area contributed by atoms with E-state index in [-0.39, 0.29) is 19.0 Å². The van der Waals surface area contributed by atoms with Crippen LogP contribution in [0, 0.1) is 5.92 Å². The van der Waals surface area contributed by atoms with Crippen LogP contribution in [0.3, 0.4) is 0 Å². The van der Waals surface area contributed by atoms with E-state index in [2.05, 4.69) is 16.0 Å². The zero-order valence-electron chi connectivity index (χ0n) is 15.4. The smallest absolute Gasteiger partial charge is 0.321 e. The summed E-state index contributed by atoms with van der Waals surface area (Å²) in [7, 11) is 1.73. The summed E-state index contributed by atoms with van der Waals surface area (Å²) in [5.41, 5.74) is 1.85. The Morgan fingerprint density at radius 1 is 1.08 bits per heavy atom. The molecular weight excluding hydrogens is 320 g/mol. The largest absolute Gasteiger partial charge is 0.338 e. The fourth-order valence-electron chi connectivity index (χ4n) is 2.27. The Kier molecular flexibility index (Phi) is 8.63. The predicted octanol–water partition coefficient (Wildman–Crippen LogP) is 0.184. The van der Waals surface area contributed by atoms with Crippen LogP contribution < -0.4 is 20.9 Å². The summed E-state index contributed by atoms with van der Waals surface area (Å²) < 4.78 is 0. The summed E-state index contributed by atoms with van der Waals surface area (Å²) in [4.78, 5) is 36.2. The summed E-state index contributed by atoms with van der Waals surface area (Å²) in [5.74, 6) is -0.278. The van der Waals surface area contributed by atoms with Gasteiger partial charge in [-0.1, -0.05) is 39.0 Å². The van der Waals surface area contributed by atoms with Crippen LogP contribution in [0.5, 0.6) is 0 Å². The van der Waals surface area contributed by atoms with Crippen LogP contribution in [0.25, 0.3) is 0 Å². The number of imide groups is 1. The first-order valence-corrected chi connectivity index (χ1v) is 8.58. The monoisotopic (exact) mass is 349 g/mol. The topological polar surface area (TPSA) is 91.7 Å². The second-order valence-electron chi connectivity index (χ2n) is 6.52. The lowest BCUT2D eigenvalue weighted by molar-refractivity contribution is -0.862. The number of benzene rings is 1. The molecule has 1 aromatic rings. The van der Waals surface area contributed by atoms with Crippen LogP contribution in [-0.4, -0.2) is 44.5 Å². The minimum atomic E-state index is -0.507. The van der Waals surface area contributed by atoms with Crippen molar-refractivity contribution in [2.75, 3.05) is 32.0 Å². The van der Waals surface area contributed by atoms with E-state index in [1.54, 1.807) is 7.05 Å². The molecular formula is C18H29N4O3+. The van der Waals surface area contributed by atoms with E-state index in [4.69, 9.17) is 0 Å². The summed E-state index contributed by atoms with van der Waals surface area (Å²) in [6.45, 7) is 6.64. The molecule has 25 heavy (non-hydrogen) atoms. The molecule has 1 unspecified atom stereocenters. The molecule has 0 aliphatic carbocycles. The fraction of sp³-hybridized carbons (Fsp3) is 0.500. The summed E-state index contributed by atoms with van der Waals surface area (Å²) in [6.07, 6.45) is 0.826. The first-order chi connectivity index (χ1) is 11.8. The van der Waals surface area contributed by atoms with Crippen molar-refractivity contribution in [1.82, 2.24) is 10.6 Å². The molecule has 4 amide bonds. The Morgan fingerprint density at radius 2 is 1.72 bits per heavy atom. The van der Waals surface area contributed by atoms with E-state index >= 15 is 0 Å². The molecule has 7 heteroatoms. The third-order valence-corrected chi connectivity index (χ3v) is 3.52. The Hall–Kier alpha value is -2.41. The lowest BCUT2D eigenvalue weighted by Crippen LogP contribution is -3.11. The highest BCUT2D eigenvalue weighted by atomic mass is 16.2. The molecule has 4 N–H and O–H groups in total. The molecule has 0 aliphatic heterocycles. The van der Waals surface area contributed by atoms with Crippen molar-refractivity contribution in [1.29, 1.82) is 0 Å². The van der Waals surface area contributed by atoms with Crippen LogP contribution >= 0.6 is 0 Å². The van der Waals surface area contributed by atoms with Crippen LogP contribution in [0.4, 0.5) is 10.5 Å². The van der Waals surface area contributed by atoms with Crippen molar-refractivity contribution in [2.45, 2.75) is 27.2 Å². The van der Waals surface area contributed by atoms with Gasteiger partial charge < -0.3 is 15.5 Å². The zero-order valence-corrected chi connectivity index (χ0v) is 15.4. The van der Waals surface area contributed by atoms with Gasteiger partial charge in [0.15, 0.2) is 13.1 Å². The van der Waals surface area contributed by atoms with E-state index in [0.717, 1.165) is 17.7 Å². The van der Waals surface area contributed by atoms with Crippen LogP contribution in [0.2, 0.25) is 0 Å². The molecule has 0 aliphatic rings. The SMILES string of the molecule is CCc1ccccc1NC(=O)C[NH+](C)CC(=O)NC(=O)NCC(C)C. The second-order valence-corrected chi connectivity index (χ2v) is 6.52. The number of urea groups is 1. The molecule has 0 radical (unpaired) electrons. The first kappa shape index (κ1) is 20.6. The van der Waals surface area contributed by atoms with E-state index in [1.807, 2.05) is 45.0 Å². The molecule has 0 spiro atoms. The van der Waals surface area contributed by atoms with Crippen molar-refractivity contribution in [3.63, 3.8) is 0 Å². The normalized spacial score (nSPS) is 11.7. The summed E-state index contributed by atoms with van der Waals surface area (Å²) in [5, 5.41) is 7.75. The van der Waals surface area contributed by atoms with Crippen LogP contribution in [0.15, 0.2) is 24.3 Å². The number of carbonyl (C=O) groups excluding carboxylic acids is 3. The first-order valence-electron chi connectivity index (χ1n) is 8.58. The molecule has 7 nitrogen and oxygen atoms in total. The highest BCUT2D eigenvalue weighted by Crippen LogP contribution is 2.14. The lowest BCUT2D eigenvalue weighted by Gasteiger charge is -2.15. The van der Waals surface area contributed by atoms with Gasteiger partial charge in [0.2, 0.25) is 0 Å². The molecule has 0 aromatic heterocycles. The number of hydrogen-bond donors (Lipinski definition) is 4. The van der Waals surface area contributed by atoms with E-state index < -0.39 is 11.9 Å². The molecule has 0 saturated heterocycles. The predicted molar refractivity (Wildman–Crippen MR) is 97.4 cm³/mol. The average Bonchev–Trinajstić information content (AvgIpc) is 2.52. The molecule has 0 bridgehead atoms. The van der Waals surface area contributed by atoms with E-state index in [9.17, 15) is 14.4 Å². The van der Waals surface area contributed by atoms with Gasteiger partial charge in [-0.25, -0.2) is 4.79 Å². The number of aryl methyl sites for hydroxylation is 1. The number of nitrogens with one attached hydrogen (secondary N) is 4. The van der Waals surface area contributed by atoms with E-state index in [1.165, 1.54) is 0 Å². The quantitative estimate of drug-likeness (QED) is 0.540. The summed E-state index contributed by atoms with van der Waals surface area (Å²) >= 11 is 0. The lowest BCUT2D eigenvalue weighted by atomic mass is 10.1. The average molecular weight is 349 g/mol. The maximum atomic E-state index is 12.1. The molecule has 0 saturated carbocycles. The number of rotatable bonds is 8. The Bertz CT molecular complexity index is 602. The van der Waals surface area contributed by atoms with Gasteiger partial charge in [-0.2, -0.15) is 0 Å². The number of quaternary nitrogens is 1. The van der Waals surface area contributed by atoms with Gasteiger partial charge in [0.25, 0.3) is 11.8 Å². The number of hydrogen-bond acceptors (Lipinski definition) is 3. The number of amides is 4. The molecule has 1 rings (SSSR count). The van der Waals surface area contributed by atoms with Crippen molar-refractivity contribution in [2.24, 2.45) is 5.92 Å². The zero-order chi connectivity index (χ0) is 18.8. The number of anilines is 1. The van der Waals surface area contributed by atoms with Gasteiger partial charge in [0.05, 0.1) is 7.05 Å². The molecule has 1 aromatic carbocycles. The fourth-order valence-corrected chi connectivity index (χ4v) is 2.27. The van der Waals surface area contributed by atoms with Gasteiger partial charge >= 0.3 is 6.03 Å². The minimum absolute atomic E-state index is 0.0396. The number of likely N-dealkylation sites (N-methyl/N-ethyl adjacent to an activating group) is 1. The standard InChI is InChI=1S/C18H28N4O3/c1-5-14-8-6-7-9-15(14)20-16(23)11-22(4)12-17(24)21-18(25)19-10-13(2)3/h6-9,13H,5,10-12H2,1-4H3,(H,20,23)(H2,19,21,24,25)/p+1. The van der Waals surface area contributed by atoms with E-state index in [0.29, 0.717) is 17.4 Å². The highest BCUT2D eigenvalue weighted by molar-refractivity contribution is 5.95. The molecule has 0 fully saturated rings. The number of para-hydroxylation sites is 1. The van der Waals surface area contributed by atoms with Crippen molar-refractivity contribution in [3.8, 4) is 0 Å². The Morgan fingerprint density at radius 3 is 2.36 bits per heavy atom.